The second-order valence-electron chi connectivity index (χ2n) is 5.34. The molecular weight excluding hydrogens is 305 g/mol. The van der Waals surface area contributed by atoms with Gasteiger partial charge in [-0.15, -0.1) is 0 Å². The van der Waals surface area contributed by atoms with Crippen molar-refractivity contribution in [1.29, 1.82) is 0 Å². The van der Waals surface area contributed by atoms with Crippen molar-refractivity contribution in [3.05, 3.63) is 63.6 Å². The topological polar surface area (TPSA) is 29.1 Å². The Kier molecular flexibility index (Phi) is 4.18. The van der Waals surface area contributed by atoms with Crippen molar-refractivity contribution >= 4 is 34.8 Å². The first-order chi connectivity index (χ1) is 10.1. The molecule has 0 aliphatic heterocycles. The Balaban J connectivity index is 1.68. The van der Waals surface area contributed by atoms with Gasteiger partial charge in [-0.1, -0.05) is 35.3 Å². The molecule has 0 heterocycles. The summed E-state index contributed by atoms with van der Waals surface area (Å²) >= 11 is 12.0. The van der Waals surface area contributed by atoms with Crippen LogP contribution in [0.15, 0.2) is 42.5 Å². The van der Waals surface area contributed by atoms with Crippen LogP contribution in [0.25, 0.3) is 0 Å². The number of carbonyl (C=O) groups is 1. The van der Waals surface area contributed by atoms with Crippen LogP contribution in [0, 0.1) is 0 Å². The second-order valence-corrected chi connectivity index (χ2v) is 6.21. The van der Waals surface area contributed by atoms with E-state index in [1.54, 1.807) is 12.1 Å². The van der Waals surface area contributed by atoms with Crippen molar-refractivity contribution in [1.82, 2.24) is 0 Å². The lowest BCUT2D eigenvalue weighted by Gasteiger charge is -2.12. The van der Waals surface area contributed by atoms with Gasteiger partial charge in [-0.25, -0.2) is 0 Å². The van der Waals surface area contributed by atoms with E-state index in [1.165, 1.54) is 11.1 Å². The molecule has 1 N–H and O–H groups in total. The summed E-state index contributed by atoms with van der Waals surface area (Å²) in [5.74, 6) is 0.257. The first kappa shape index (κ1) is 14.4. The number of carbonyl (C=O) groups excluding carboxylic acids is 1. The lowest BCUT2D eigenvalue weighted by Crippen LogP contribution is -2.14. The number of rotatable bonds is 3. The number of halogens is 2. The molecular formula is C17H15Cl2NO. The molecule has 21 heavy (non-hydrogen) atoms. The highest BCUT2D eigenvalue weighted by atomic mass is 35.5. The largest absolute Gasteiger partial charge is 0.326 e. The fraction of sp³-hybridized carbons (Fsp3) is 0.235. The summed E-state index contributed by atoms with van der Waals surface area (Å²) in [4.78, 5) is 12.2. The molecule has 0 fully saturated rings. The Morgan fingerprint density at radius 3 is 2.76 bits per heavy atom. The monoisotopic (exact) mass is 319 g/mol. The third-order valence-electron chi connectivity index (χ3n) is 3.85. The smallest absolute Gasteiger partial charge is 0.224 e. The van der Waals surface area contributed by atoms with Crippen molar-refractivity contribution in [2.24, 2.45) is 0 Å². The Bertz CT molecular complexity index is 684. The first-order valence-corrected chi connectivity index (χ1v) is 7.71. The van der Waals surface area contributed by atoms with E-state index in [1.807, 2.05) is 24.3 Å². The number of aryl methyl sites for hydroxylation is 1. The van der Waals surface area contributed by atoms with Crippen molar-refractivity contribution in [3.63, 3.8) is 0 Å². The standard InChI is InChI=1S/C17H15Cl2NO/c18-13-2-1-3-15(9-13)20-17(21)8-12-5-4-11-6-7-14(19)10-16(11)12/h1-3,6-7,9-10,12H,4-5,8H2,(H,20,21). The Labute approximate surface area is 134 Å². The molecule has 2 aromatic rings. The maximum absolute atomic E-state index is 12.2. The number of amides is 1. The summed E-state index contributed by atoms with van der Waals surface area (Å²) in [6, 6.07) is 13.2. The molecule has 0 spiro atoms. The van der Waals surface area contributed by atoms with Gasteiger partial charge in [-0.3, -0.25) is 4.79 Å². The van der Waals surface area contributed by atoms with Crippen LogP contribution in [0.5, 0.6) is 0 Å². The van der Waals surface area contributed by atoms with Crippen molar-refractivity contribution < 1.29 is 4.79 Å². The molecule has 1 atom stereocenters. The molecule has 0 bridgehead atoms. The molecule has 4 heteroatoms. The summed E-state index contributed by atoms with van der Waals surface area (Å²) in [6.45, 7) is 0. The molecule has 1 amide bonds. The average molecular weight is 320 g/mol. The summed E-state index contributed by atoms with van der Waals surface area (Å²) in [6.07, 6.45) is 2.49. The predicted molar refractivity (Wildman–Crippen MR) is 87.2 cm³/mol. The minimum Gasteiger partial charge on any atom is -0.326 e. The minimum absolute atomic E-state index is 0.00934. The van der Waals surface area contributed by atoms with Gasteiger partial charge >= 0.3 is 0 Å². The molecule has 0 saturated carbocycles. The number of fused-ring (bicyclic) bond motifs is 1. The lowest BCUT2D eigenvalue weighted by molar-refractivity contribution is -0.116. The van der Waals surface area contributed by atoms with Gasteiger partial charge in [0, 0.05) is 22.2 Å². The van der Waals surface area contributed by atoms with Crippen LogP contribution in [0.2, 0.25) is 10.0 Å². The second kappa shape index (κ2) is 6.08. The molecule has 0 saturated heterocycles. The van der Waals surface area contributed by atoms with Gasteiger partial charge in [0.1, 0.15) is 0 Å². The molecule has 0 radical (unpaired) electrons. The fourth-order valence-corrected chi connectivity index (χ4v) is 3.24. The van der Waals surface area contributed by atoms with E-state index in [0.717, 1.165) is 23.6 Å². The zero-order valence-electron chi connectivity index (χ0n) is 11.4. The highest BCUT2D eigenvalue weighted by Crippen LogP contribution is 2.37. The number of benzene rings is 2. The Morgan fingerprint density at radius 1 is 1.14 bits per heavy atom. The van der Waals surface area contributed by atoms with Crippen LogP contribution in [0.3, 0.4) is 0 Å². The number of anilines is 1. The summed E-state index contributed by atoms with van der Waals surface area (Å²) in [7, 11) is 0. The van der Waals surface area contributed by atoms with Gasteiger partial charge in [0.25, 0.3) is 0 Å². The molecule has 108 valence electrons. The lowest BCUT2D eigenvalue weighted by atomic mass is 9.97. The van der Waals surface area contributed by atoms with E-state index in [-0.39, 0.29) is 11.8 Å². The zero-order valence-corrected chi connectivity index (χ0v) is 12.9. The van der Waals surface area contributed by atoms with Crippen molar-refractivity contribution in [3.8, 4) is 0 Å². The summed E-state index contributed by atoms with van der Waals surface area (Å²) in [5.41, 5.74) is 3.25. The molecule has 1 aliphatic carbocycles. The summed E-state index contributed by atoms with van der Waals surface area (Å²) < 4.78 is 0. The average Bonchev–Trinajstić information content (AvgIpc) is 2.81. The van der Waals surface area contributed by atoms with Crippen LogP contribution >= 0.6 is 23.2 Å². The van der Waals surface area contributed by atoms with Gasteiger partial charge in [-0.05, 0) is 60.2 Å². The SMILES string of the molecule is O=C(CC1CCc2ccc(Cl)cc21)Nc1cccc(Cl)c1. The third-order valence-corrected chi connectivity index (χ3v) is 4.32. The van der Waals surface area contributed by atoms with Gasteiger partial charge in [0.2, 0.25) is 5.91 Å². The van der Waals surface area contributed by atoms with Gasteiger partial charge in [0.15, 0.2) is 0 Å². The van der Waals surface area contributed by atoms with E-state index in [4.69, 9.17) is 23.2 Å². The van der Waals surface area contributed by atoms with Crippen LogP contribution in [0.1, 0.15) is 29.9 Å². The molecule has 2 nitrogen and oxygen atoms in total. The summed E-state index contributed by atoms with van der Waals surface area (Å²) in [5, 5.41) is 4.25. The van der Waals surface area contributed by atoms with E-state index in [9.17, 15) is 4.79 Å². The van der Waals surface area contributed by atoms with E-state index in [0.29, 0.717) is 11.4 Å². The van der Waals surface area contributed by atoms with Crippen molar-refractivity contribution in [2.45, 2.75) is 25.2 Å². The quantitative estimate of drug-likeness (QED) is 0.842. The van der Waals surface area contributed by atoms with Crippen LogP contribution in [0.4, 0.5) is 5.69 Å². The Hall–Kier alpha value is -1.51. The molecule has 1 aliphatic rings. The van der Waals surface area contributed by atoms with Crippen LogP contribution in [-0.4, -0.2) is 5.91 Å². The van der Waals surface area contributed by atoms with Crippen molar-refractivity contribution in [2.75, 3.05) is 5.32 Å². The van der Waals surface area contributed by atoms with Gasteiger partial charge in [0.05, 0.1) is 0 Å². The number of nitrogens with one attached hydrogen (secondary N) is 1. The van der Waals surface area contributed by atoms with E-state index >= 15 is 0 Å². The molecule has 1 unspecified atom stereocenters. The molecule has 2 aromatic carbocycles. The number of hydrogen-bond donors (Lipinski definition) is 1. The predicted octanol–water partition coefficient (Wildman–Crippen LogP) is 5.05. The maximum Gasteiger partial charge on any atom is 0.224 e. The van der Waals surface area contributed by atoms with Crippen LogP contribution in [-0.2, 0) is 11.2 Å². The fourth-order valence-electron chi connectivity index (χ4n) is 2.87. The number of hydrogen-bond acceptors (Lipinski definition) is 1. The van der Waals surface area contributed by atoms with Gasteiger partial charge in [-0.2, -0.15) is 0 Å². The first-order valence-electron chi connectivity index (χ1n) is 6.95. The van der Waals surface area contributed by atoms with Gasteiger partial charge < -0.3 is 5.32 Å². The highest BCUT2D eigenvalue weighted by Gasteiger charge is 2.24. The minimum atomic E-state index is 0.00934. The highest BCUT2D eigenvalue weighted by molar-refractivity contribution is 6.31. The third kappa shape index (κ3) is 3.39. The molecule has 3 rings (SSSR count). The van der Waals surface area contributed by atoms with E-state index in [2.05, 4.69) is 11.4 Å². The van der Waals surface area contributed by atoms with Crippen LogP contribution < -0.4 is 5.32 Å². The normalized spacial score (nSPS) is 16.6. The maximum atomic E-state index is 12.2. The van der Waals surface area contributed by atoms with E-state index < -0.39 is 0 Å². The Morgan fingerprint density at radius 2 is 1.95 bits per heavy atom. The molecule has 0 aromatic heterocycles. The zero-order chi connectivity index (χ0) is 14.8.